The average Bonchev–Trinajstić information content (AvgIpc) is 2.65. The molecule has 0 radical (unpaired) electrons. The molecular formula is C16H22BrNO. The molecule has 0 aliphatic rings. The molecule has 104 valence electrons. The van der Waals surface area contributed by atoms with E-state index in [0.717, 1.165) is 35.3 Å². The van der Waals surface area contributed by atoms with Gasteiger partial charge >= 0.3 is 0 Å². The molecule has 0 bridgehead atoms. The van der Waals surface area contributed by atoms with Crippen LogP contribution in [0.1, 0.15) is 37.7 Å². The first-order chi connectivity index (χ1) is 9.02. The van der Waals surface area contributed by atoms with Crippen molar-refractivity contribution in [3.05, 3.63) is 33.5 Å². The van der Waals surface area contributed by atoms with Gasteiger partial charge in [-0.25, -0.2) is 0 Å². The number of benzene rings is 1. The fraction of sp³-hybridized carbons (Fsp3) is 0.500. The Morgan fingerprint density at radius 1 is 1.32 bits per heavy atom. The molecule has 0 amide bonds. The van der Waals surface area contributed by atoms with Crippen molar-refractivity contribution in [2.24, 2.45) is 5.92 Å². The Morgan fingerprint density at radius 2 is 2.05 bits per heavy atom. The number of hydrogen-bond donors (Lipinski definition) is 1. The summed E-state index contributed by atoms with van der Waals surface area (Å²) in [6.45, 7) is 10.5. The maximum absolute atomic E-state index is 6.10. The van der Waals surface area contributed by atoms with Crippen molar-refractivity contribution in [2.75, 3.05) is 6.54 Å². The van der Waals surface area contributed by atoms with Gasteiger partial charge in [-0.3, -0.25) is 0 Å². The molecule has 0 fully saturated rings. The minimum absolute atomic E-state index is 0.625. The van der Waals surface area contributed by atoms with Crippen molar-refractivity contribution in [3.63, 3.8) is 0 Å². The average molecular weight is 324 g/mol. The summed E-state index contributed by atoms with van der Waals surface area (Å²) in [5, 5.41) is 4.63. The SMILES string of the molecule is CCNCc1oc2c(C)cc(Br)cc2c1CC(C)C. The Labute approximate surface area is 123 Å². The van der Waals surface area contributed by atoms with Crippen LogP contribution in [0.4, 0.5) is 0 Å². The second-order valence-corrected chi connectivity index (χ2v) is 6.40. The maximum atomic E-state index is 6.10. The van der Waals surface area contributed by atoms with Crippen LogP contribution in [-0.2, 0) is 13.0 Å². The van der Waals surface area contributed by atoms with Gasteiger partial charge in [-0.05, 0) is 43.5 Å². The third-order valence-corrected chi connectivity index (χ3v) is 3.73. The first-order valence-corrected chi connectivity index (χ1v) is 7.73. The van der Waals surface area contributed by atoms with Gasteiger partial charge in [-0.15, -0.1) is 0 Å². The van der Waals surface area contributed by atoms with E-state index < -0.39 is 0 Å². The van der Waals surface area contributed by atoms with E-state index in [-0.39, 0.29) is 0 Å². The van der Waals surface area contributed by atoms with Crippen LogP contribution >= 0.6 is 15.9 Å². The summed E-state index contributed by atoms with van der Waals surface area (Å²) >= 11 is 3.59. The fourth-order valence-electron chi connectivity index (χ4n) is 2.44. The zero-order chi connectivity index (χ0) is 14.0. The minimum atomic E-state index is 0.625. The van der Waals surface area contributed by atoms with Gasteiger partial charge in [0.05, 0.1) is 6.54 Å². The van der Waals surface area contributed by atoms with Gasteiger partial charge in [0.2, 0.25) is 0 Å². The lowest BCUT2D eigenvalue weighted by Gasteiger charge is -2.06. The normalized spacial score (nSPS) is 11.7. The second-order valence-electron chi connectivity index (χ2n) is 5.48. The molecule has 0 atom stereocenters. The lowest BCUT2D eigenvalue weighted by atomic mass is 9.99. The summed E-state index contributed by atoms with van der Waals surface area (Å²) in [6, 6.07) is 4.29. The van der Waals surface area contributed by atoms with E-state index in [1.807, 2.05) is 0 Å². The maximum Gasteiger partial charge on any atom is 0.137 e. The van der Waals surface area contributed by atoms with Gasteiger partial charge in [-0.1, -0.05) is 36.7 Å². The van der Waals surface area contributed by atoms with Crippen LogP contribution in [0.3, 0.4) is 0 Å². The second kappa shape index (κ2) is 6.10. The van der Waals surface area contributed by atoms with Crippen molar-refractivity contribution in [1.29, 1.82) is 0 Å². The van der Waals surface area contributed by atoms with Crippen LogP contribution < -0.4 is 5.32 Å². The first-order valence-electron chi connectivity index (χ1n) is 6.94. The van der Waals surface area contributed by atoms with Crippen molar-refractivity contribution in [1.82, 2.24) is 5.32 Å². The number of fused-ring (bicyclic) bond motifs is 1. The summed E-state index contributed by atoms with van der Waals surface area (Å²) in [5.41, 5.74) is 3.58. The van der Waals surface area contributed by atoms with E-state index >= 15 is 0 Å². The molecule has 0 unspecified atom stereocenters. The van der Waals surface area contributed by atoms with Gasteiger partial charge < -0.3 is 9.73 Å². The number of hydrogen-bond acceptors (Lipinski definition) is 2. The van der Waals surface area contributed by atoms with Crippen molar-refractivity contribution in [2.45, 2.75) is 40.7 Å². The summed E-state index contributed by atoms with van der Waals surface area (Å²) in [6.07, 6.45) is 1.06. The highest BCUT2D eigenvalue weighted by atomic mass is 79.9. The summed E-state index contributed by atoms with van der Waals surface area (Å²) in [5.74, 6) is 1.72. The zero-order valence-corrected chi connectivity index (χ0v) is 13.7. The molecule has 1 aromatic carbocycles. The monoisotopic (exact) mass is 323 g/mol. The number of halogens is 1. The number of rotatable bonds is 5. The molecule has 2 nitrogen and oxygen atoms in total. The largest absolute Gasteiger partial charge is 0.459 e. The van der Waals surface area contributed by atoms with Gasteiger partial charge in [0.1, 0.15) is 11.3 Å². The molecule has 19 heavy (non-hydrogen) atoms. The smallest absolute Gasteiger partial charge is 0.137 e. The molecule has 1 aromatic heterocycles. The van der Waals surface area contributed by atoms with Crippen LogP contribution in [0.2, 0.25) is 0 Å². The molecule has 3 heteroatoms. The van der Waals surface area contributed by atoms with E-state index in [2.05, 4.69) is 61.1 Å². The predicted molar refractivity (Wildman–Crippen MR) is 84.6 cm³/mol. The molecule has 0 aliphatic carbocycles. The van der Waals surface area contributed by atoms with Crippen LogP contribution in [0, 0.1) is 12.8 Å². The van der Waals surface area contributed by atoms with Gasteiger partial charge in [0.25, 0.3) is 0 Å². The van der Waals surface area contributed by atoms with Gasteiger partial charge in [0, 0.05) is 15.4 Å². The van der Waals surface area contributed by atoms with Crippen LogP contribution in [0.15, 0.2) is 21.0 Å². The van der Waals surface area contributed by atoms with E-state index in [1.165, 1.54) is 16.5 Å². The first kappa shape index (κ1) is 14.6. The van der Waals surface area contributed by atoms with Crippen LogP contribution in [-0.4, -0.2) is 6.54 Å². The van der Waals surface area contributed by atoms with E-state index in [1.54, 1.807) is 0 Å². The van der Waals surface area contributed by atoms with Crippen molar-refractivity contribution < 1.29 is 4.42 Å². The Hall–Kier alpha value is -0.800. The van der Waals surface area contributed by atoms with Crippen molar-refractivity contribution >= 4 is 26.9 Å². The Morgan fingerprint density at radius 3 is 2.68 bits per heavy atom. The molecule has 0 aliphatic heterocycles. The van der Waals surface area contributed by atoms with E-state index in [0.29, 0.717) is 5.92 Å². The zero-order valence-electron chi connectivity index (χ0n) is 12.1. The highest BCUT2D eigenvalue weighted by Gasteiger charge is 2.16. The third kappa shape index (κ3) is 3.21. The number of furan rings is 1. The molecular weight excluding hydrogens is 302 g/mol. The lowest BCUT2D eigenvalue weighted by molar-refractivity contribution is 0.505. The predicted octanol–water partition coefficient (Wildman–Crippen LogP) is 4.81. The minimum Gasteiger partial charge on any atom is -0.459 e. The highest BCUT2D eigenvalue weighted by Crippen LogP contribution is 2.33. The molecule has 0 saturated heterocycles. The topological polar surface area (TPSA) is 25.2 Å². The molecule has 2 aromatic rings. The van der Waals surface area contributed by atoms with Crippen LogP contribution in [0.25, 0.3) is 11.0 Å². The third-order valence-electron chi connectivity index (χ3n) is 3.27. The molecule has 2 rings (SSSR count). The van der Waals surface area contributed by atoms with Gasteiger partial charge in [0.15, 0.2) is 0 Å². The summed E-state index contributed by atoms with van der Waals surface area (Å²) in [7, 11) is 0. The Kier molecular flexibility index (Phi) is 4.69. The van der Waals surface area contributed by atoms with E-state index in [4.69, 9.17) is 4.42 Å². The molecule has 1 heterocycles. The quantitative estimate of drug-likeness (QED) is 0.854. The van der Waals surface area contributed by atoms with E-state index in [9.17, 15) is 0 Å². The van der Waals surface area contributed by atoms with Crippen LogP contribution in [0.5, 0.6) is 0 Å². The molecule has 0 spiro atoms. The summed E-state index contributed by atoms with van der Waals surface area (Å²) in [4.78, 5) is 0. The standard InChI is InChI=1S/C16H22BrNO/c1-5-18-9-15-13(6-10(2)3)14-8-12(17)7-11(4)16(14)19-15/h7-8,10,18H,5-6,9H2,1-4H3. The molecule has 1 N–H and O–H groups in total. The van der Waals surface area contributed by atoms with Crippen molar-refractivity contribution in [3.8, 4) is 0 Å². The fourth-order valence-corrected chi connectivity index (χ4v) is 3.01. The summed E-state index contributed by atoms with van der Waals surface area (Å²) < 4.78 is 7.23. The van der Waals surface area contributed by atoms with Gasteiger partial charge in [-0.2, -0.15) is 0 Å². The lowest BCUT2D eigenvalue weighted by Crippen LogP contribution is -2.12. The Bertz CT molecular complexity index is 572. The number of aryl methyl sites for hydroxylation is 1. The Balaban J connectivity index is 2.56. The molecule has 0 saturated carbocycles. The highest BCUT2D eigenvalue weighted by molar-refractivity contribution is 9.10. The number of nitrogens with one attached hydrogen (secondary N) is 1.